The number of hydrogen-bond acceptors (Lipinski definition) is 4. The Labute approximate surface area is 163 Å². The van der Waals surface area contributed by atoms with Crippen molar-refractivity contribution in [3.63, 3.8) is 0 Å². The molecule has 1 fully saturated rings. The third-order valence-corrected chi connectivity index (χ3v) is 5.81. The van der Waals surface area contributed by atoms with Gasteiger partial charge in [0, 0.05) is 15.9 Å². The van der Waals surface area contributed by atoms with Crippen LogP contribution in [-0.2, 0) is 9.53 Å². The van der Waals surface area contributed by atoms with E-state index in [1.807, 2.05) is 12.1 Å². The van der Waals surface area contributed by atoms with Gasteiger partial charge in [-0.05, 0) is 42.0 Å². The zero-order valence-corrected chi connectivity index (χ0v) is 16.2. The van der Waals surface area contributed by atoms with Gasteiger partial charge in [-0.2, -0.15) is 0 Å². The molecule has 1 saturated heterocycles. The van der Waals surface area contributed by atoms with E-state index in [1.54, 1.807) is 24.3 Å². The Kier molecular flexibility index (Phi) is 5.83. The lowest BCUT2D eigenvalue weighted by Gasteiger charge is -2.28. The van der Waals surface area contributed by atoms with Crippen LogP contribution in [0.15, 0.2) is 53.0 Å². The van der Waals surface area contributed by atoms with Gasteiger partial charge >= 0.3 is 12.0 Å². The van der Waals surface area contributed by atoms with E-state index in [1.165, 1.54) is 35.9 Å². The van der Waals surface area contributed by atoms with Gasteiger partial charge in [0.15, 0.2) is 0 Å². The molecule has 1 N–H and O–H groups in total. The first kappa shape index (κ1) is 18.7. The molecule has 0 spiro atoms. The molecule has 2 amide bonds. The molecule has 1 aliphatic rings. The minimum absolute atomic E-state index is 0.355. The number of amides is 2. The van der Waals surface area contributed by atoms with Crippen molar-refractivity contribution in [2.75, 3.05) is 18.2 Å². The van der Waals surface area contributed by atoms with Crippen molar-refractivity contribution in [3.8, 4) is 0 Å². The number of ether oxygens (including phenoxy) is 1. The van der Waals surface area contributed by atoms with Crippen molar-refractivity contribution in [1.29, 1.82) is 0 Å². The fourth-order valence-corrected chi connectivity index (χ4v) is 4.36. The highest BCUT2D eigenvalue weighted by molar-refractivity contribution is 9.10. The second-order valence-electron chi connectivity index (χ2n) is 5.62. The zero-order chi connectivity index (χ0) is 18.7. The molecule has 1 heterocycles. The Hall–Kier alpha value is -2.06. The molecule has 5 nitrogen and oxygen atoms in total. The highest BCUT2D eigenvalue weighted by Crippen LogP contribution is 2.42. The average Bonchev–Trinajstić information content (AvgIpc) is 3.08. The Morgan fingerprint density at radius 3 is 2.46 bits per heavy atom. The predicted octanol–water partition coefficient (Wildman–Crippen LogP) is 4.41. The zero-order valence-electron chi connectivity index (χ0n) is 13.8. The summed E-state index contributed by atoms with van der Waals surface area (Å²) in [6, 6.07) is 11.9. The summed E-state index contributed by atoms with van der Waals surface area (Å²) in [6.45, 7) is 0. The van der Waals surface area contributed by atoms with E-state index in [9.17, 15) is 14.0 Å². The SMILES string of the molecule is COC(=O)C1CSC(c2ccc(F)cc2)N1C(=O)Nc1ccc(Br)cc1. The molecule has 26 heavy (non-hydrogen) atoms. The summed E-state index contributed by atoms with van der Waals surface area (Å²) in [6.07, 6.45) is 0. The lowest BCUT2D eigenvalue weighted by Crippen LogP contribution is -2.45. The molecule has 0 bridgehead atoms. The Bertz CT molecular complexity index is 801. The summed E-state index contributed by atoms with van der Waals surface area (Å²) in [5, 5.41) is 2.39. The molecular formula is C18H16BrFN2O3S. The molecule has 2 unspecified atom stereocenters. The van der Waals surface area contributed by atoms with Gasteiger partial charge in [-0.25, -0.2) is 14.0 Å². The van der Waals surface area contributed by atoms with Gasteiger partial charge < -0.3 is 10.1 Å². The smallest absolute Gasteiger partial charge is 0.329 e. The lowest BCUT2D eigenvalue weighted by atomic mass is 10.2. The summed E-state index contributed by atoms with van der Waals surface area (Å²) < 4.78 is 19.0. The number of nitrogens with one attached hydrogen (secondary N) is 1. The maximum atomic E-state index is 13.2. The molecule has 2 atom stereocenters. The van der Waals surface area contributed by atoms with Crippen LogP contribution in [0.3, 0.4) is 0 Å². The monoisotopic (exact) mass is 438 g/mol. The normalized spacial score (nSPS) is 19.3. The molecular weight excluding hydrogens is 423 g/mol. The number of esters is 1. The fourth-order valence-electron chi connectivity index (χ4n) is 2.68. The van der Waals surface area contributed by atoms with Gasteiger partial charge in [0.05, 0.1) is 7.11 Å². The second-order valence-corrected chi connectivity index (χ2v) is 7.65. The molecule has 0 aromatic heterocycles. The number of nitrogens with zero attached hydrogens (tertiary/aromatic N) is 1. The molecule has 136 valence electrons. The van der Waals surface area contributed by atoms with Crippen LogP contribution in [0.1, 0.15) is 10.9 Å². The van der Waals surface area contributed by atoms with Crippen LogP contribution in [0.2, 0.25) is 0 Å². The molecule has 3 rings (SSSR count). The maximum absolute atomic E-state index is 13.2. The first-order valence-electron chi connectivity index (χ1n) is 7.79. The van der Waals surface area contributed by atoms with E-state index in [4.69, 9.17) is 4.74 Å². The van der Waals surface area contributed by atoms with Crippen LogP contribution in [-0.4, -0.2) is 35.8 Å². The van der Waals surface area contributed by atoms with E-state index in [0.29, 0.717) is 11.4 Å². The summed E-state index contributed by atoms with van der Waals surface area (Å²) in [7, 11) is 1.29. The third-order valence-electron chi connectivity index (χ3n) is 3.96. The van der Waals surface area contributed by atoms with E-state index in [0.717, 1.165) is 10.0 Å². The van der Waals surface area contributed by atoms with E-state index in [-0.39, 0.29) is 5.82 Å². The quantitative estimate of drug-likeness (QED) is 0.720. The number of rotatable bonds is 3. The Balaban J connectivity index is 1.87. The van der Waals surface area contributed by atoms with Crippen molar-refractivity contribution in [2.24, 2.45) is 0 Å². The third kappa shape index (κ3) is 4.02. The van der Waals surface area contributed by atoms with Gasteiger partial charge in [0.2, 0.25) is 0 Å². The minimum atomic E-state index is -0.712. The van der Waals surface area contributed by atoms with Gasteiger partial charge in [-0.3, -0.25) is 4.90 Å². The standard InChI is InChI=1S/C18H16BrFN2O3S/c1-25-17(23)15-10-26-16(11-2-6-13(20)7-3-11)22(15)18(24)21-14-8-4-12(19)5-9-14/h2-9,15-16H,10H2,1H3,(H,21,24). The van der Waals surface area contributed by atoms with Crippen molar-refractivity contribution in [2.45, 2.75) is 11.4 Å². The predicted molar refractivity (Wildman–Crippen MR) is 102 cm³/mol. The summed E-state index contributed by atoms with van der Waals surface area (Å²) in [5.41, 5.74) is 1.35. The molecule has 8 heteroatoms. The largest absolute Gasteiger partial charge is 0.467 e. The van der Waals surface area contributed by atoms with Gasteiger partial charge in [0.25, 0.3) is 0 Å². The van der Waals surface area contributed by atoms with E-state index >= 15 is 0 Å². The molecule has 0 aliphatic carbocycles. The van der Waals surface area contributed by atoms with Crippen LogP contribution < -0.4 is 5.32 Å². The topological polar surface area (TPSA) is 58.6 Å². The number of methoxy groups -OCH3 is 1. The number of carbonyl (C=O) groups is 2. The van der Waals surface area contributed by atoms with Crippen LogP contribution >= 0.6 is 27.7 Å². The average molecular weight is 439 g/mol. The van der Waals surface area contributed by atoms with Crippen LogP contribution in [0.5, 0.6) is 0 Å². The lowest BCUT2D eigenvalue weighted by molar-refractivity contribution is -0.144. The highest BCUT2D eigenvalue weighted by atomic mass is 79.9. The van der Waals surface area contributed by atoms with Crippen LogP contribution in [0.25, 0.3) is 0 Å². The molecule has 0 radical (unpaired) electrons. The summed E-state index contributed by atoms with van der Waals surface area (Å²) >= 11 is 4.78. The number of hydrogen-bond donors (Lipinski definition) is 1. The number of anilines is 1. The Morgan fingerprint density at radius 2 is 1.85 bits per heavy atom. The maximum Gasteiger partial charge on any atom is 0.329 e. The summed E-state index contributed by atoms with van der Waals surface area (Å²) in [5.74, 6) is -0.428. The van der Waals surface area contributed by atoms with Gasteiger partial charge in [0.1, 0.15) is 17.2 Å². The first-order valence-corrected chi connectivity index (χ1v) is 9.63. The summed E-state index contributed by atoms with van der Waals surface area (Å²) in [4.78, 5) is 26.5. The molecule has 2 aromatic carbocycles. The minimum Gasteiger partial charge on any atom is -0.467 e. The van der Waals surface area contributed by atoms with Crippen molar-refractivity contribution in [1.82, 2.24) is 4.90 Å². The number of benzene rings is 2. The number of thioether (sulfide) groups is 1. The van der Waals surface area contributed by atoms with Gasteiger partial charge in [-0.1, -0.05) is 28.1 Å². The first-order chi connectivity index (χ1) is 12.5. The van der Waals surface area contributed by atoms with Crippen LogP contribution in [0.4, 0.5) is 14.9 Å². The van der Waals surface area contributed by atoms with Crippen molar-refractivity contribution >= 4 is 45.4 Å². The highest BCUT2D eigenvalue weighted by Gasteiger charge is 2.43. The number of urea groups is 1. The fraction of sp³-hybridized carbons (Fsp3) is 0.222. The number of carbonyl (C=O) groups excluding carboxylic acids is 2. The molecule has 0 saturated carbocycles. The second kappa shape index (κ2) is 8.09. The Morgan fingerprint density at radius 1 is 1.19 bits per heavy atom. The molecule has 2 aromatic rings. The van der Waals surface area contributed by atoms with Crippen LogP contribution in [0, 0.1) is 5.82 Å². The van der Waals surface area contributed by atoms with Crippen molar-refractivity contribution in [3.05, 3.63) is 64.4 Å². The van der Waals surface area contributed by atoms with Crippen molar-refractivity contribution < 1.29 is 18.7 Å². The van der Waals surface area contributed by atoms with E-state index in [2.05, 4.69) is 21.2 Å². The van der Waals surface area contributed by atoms with E-state index < -0.39 is 23.4 Å². The number of halogens is 2. The van der Waals surface area contributed by atoms with Gasteiger partial charge in [-0.15, -0.1) is 11.8 Å². The molecule has 1 aliphatic heterocycles.